The minimum atomic E-state index is -0.612. The van der Waals surface area contributed by atoms with E-state index in [0.717, 1.165) is 0 Å². The van der Waals surface area contributed by atoms with Crippen LogP contribution in [0.3, 0.4) is 0 Å². The summed E-state index contributed by atoms with van der Waals surface area (Å²) < 4.78 is 19.7. The van der Waals surface area contributed by atoms with E-state index in [-0.39, 0.29) is 30.0 Å². The number of aliphatic hydroxyl groups is 1. The fourth-order valence-corrected chi connectivity index (χ4v) is 3.42. The monoisotopic (exact) mass is 438 g/mol. The highest BCUT2D eigenvalue weighted by molar-refractivity contribution is 7.18. The summed E-state index contributed by atoms with van der Waals surface area (Å²) in [6, 6.07) is 2.20. The highest BCUT2D eigenvalue weighted by atomic mass is 35.5. The fraction of sp³-hybridized carbons (Fsp3) is 0.333. The largest absolute Gasteiger partial charge is 0.489 e. The number of hydrogen-bond donors (Lipinski definition) is 3. The quantitative estimate of drug-likeness (QED) is 0.491. The van der Waals surface area contributed by atoms with Gasteiger partial charge in [0.1, 0.15) is 11.6 Å². The van der Waals surface area contributed by atoms with Gasteiger partial charge in [0, 0.05) is 35.6 Å². The SMILES string of the molecule is CC(C)Nc1ncc(-c2nnc(-c3cc(F)c(OC[C@@H](N)CO)cc3Cl)s2)cn1. The van der Waals surface area contributed by atoms with Crippen LogP contribution < -0.4 is 15.8 Å². The topological polar surface area (TPSA) is 119 Å². The predicted molar refractivity (Wildman–Crippen MR) is 111 cm³/mol. The van der Waals surface area contributed by atoms with Crippen LogP contribution in [0.2, 0.25) is 5.02 Å². The van der Waals surface area contributed by atoms with Crippen LogP contribution in [0.15, 0.2) is 24.5 Å². The Morgan fingerprint density at radius 1 is 1.24 bits per heavy atom. The summed E-state index contributed by atoms with van der Waals surface area (Å²) >= 11 is 7.53. The minimum absolute atomic E-state index is 0.0340. The molecule has 0 saturated heterocycles. The van der Waals surface area contributed by atoms with Gasteiger partial charge in [-0.3, -0.25) is 0 Å². The van der Waals surface area contributed by atoms with Crippen molar-refractivity contribution in [2.24, 2.45) is 5.73 Å². The van der Waals surface area contributed by atoms with Gasteiger partial charge < -0.3 is 20.9 Å². The standard InChI is InChI=1S/C18H20ClFN6O2S/c1-9(2)24-18-22-5-10(6-23-18)16-25-26-17(29-16)12-3-14(20)15(4-13(12)19)28-8-11(21)7-27/h3-6,9,11,27H,7-8,21H2,1-2H3,(H,22,23,24)/t11-/m0/s1. The molecule has 2 aromatic heterocycles. The summed E-state index contributed by atoms with van der Waals surface area (Å²) in [6.45, 7) is 3.69. The molecule has 3 rings (SSSR count). The Labute approximate surface area is 175 Å². The van der Waals surface area contributed by atoms with E-state index < -0.39 is 11.9 Å². The number of aromatic nitrogens is 4. The zero-order valence-electron chi connectivity index (χ0n) is 15.8. The maximum Gasteiger partial charge on any atom is 0.222 e. The van der Waals surface area contributed by atoms with Crippen molar-refractivity contribution in [3.63, 3.8) is 0 Å². The lowest BCUT2D eigenvalue weighted by Crippen LogP contribution is -2.31. The number of halogens is 2. The van der Waals surface area contributed by atoms with E-state index in [2.05, 4.69) is 25.5 Å². The van der Waals surface area contributed by atoms with Gasteiger partial charge in [-0.1, -0.05) is 22.9 Å². The van der Waals surface area contributed by atoms with Crippen LogP contribution in [0.1, 0.15) is 13.8 Å². The molecule has 8 nitrogen and oxygen atoms in total. The molecule has 0 aliphatic heterocycles. The Kier molecular flexibility index (Phi) is 6.91. The Morgan fingerprint density at radius 2 is 1.93 bits per heavy atom. The molecule has 0 aliphatic carbocycles. The number of nitrogens with one attached hydrogen (secondary N) is 1. The van der Waals surface area contributed by atoms with E-state index in [1.807, 2.05) is 13.8 Å². The first-order chi connectivity index (χ1) is 13.9. The molecule has 0 bridgehead atoms. The van der Waals surface area contributed by atoms with Crippen LogP contribution in [-0.2, 0) is 0 Å². The van der Waals surface area contributed by atoms with Crippen LogP contribution in [0.5, 0.6) is 5.75 Å². The summed E-state index contributed by atoms with van der Waals surface area (Å²) in [5.74, 6) is -0.136. The van der Waals surface area contributed by atoms with E-state index in [1.165, 1.54) is 23.5 Å². The highest BCUT2D eigenvalue weighted by Crippen LogP contribution is 2.37. The third kappa shape index (κ3) is 5.36. The zero-order valence-corrected chi connectivity index (χ0v) is 17.3. The molecule has 2 heterocycles. The Balaban J connectivity index is 1.80. The lowest BCUT2D eigenvalue weighted by molar-refractivity contribution is 0.202. The average molecular weight is 439 g/mol. The number of hydrogen-bond acceptors (Lipinski definition) is 9. The Bertz CT molecular complexity index is 969. The number of anilines is 1. The highest BCUT2D eigenvalue weighted by Gasteiger charge is 2.17. The molecule has 3 aromatic rings. The summed E-state index contributed by atoms with van der Waals surface area (Å²) in [7, 11) is 0. The van der Waals surface area contributed by atoms with Crippen molar-refractivity contribution in [2.75, 3.05) is 18.5 Å². The van der Waals surface area contributed by atoms with Crippen molar-refractivity contribution in [3.8, 4) is 26.9 Å². The van der Waals surface area contributed by atoms with Gasteiger partial charge in [0.25, 0.3) is 0 Å². The van der Waals surface area contributed by atoms with Crippen LogP contribution >= 0.6 is 22.9 Å². The molecule has 29 heavy (non-hydrogen) atoms. The summed E-state index contributed by atoms with van der Waals surface area (Å²) in [4.78, 5) is 8.50. The molecule has 154 valence electrons. The van der Waals surface area contributed by atoms with Crippen molar-refractivity contribution in [1.82, 2.24) is 20.2 Å². The van der Waals surface area contributed by atoms with Gasteiger partial charge >= 0.3 is 0 Å². The van der Waals surface area contributed by atoms with E-state index >= 15 is 0 Å². The first-order valence-electron chi connectivity index (χ1n) is 8.78. The first kappa shape index (κ1) is 21.3. The molecule has 1 atom stereocenters. The van der Waals surface area contributed by atoms with Crippen LogP contribution in [0.25, 0.3) is 21.1 Å². The zero-order chi connectivity index (χ0) is 21.0. The molecular formula is C18H20ClFN6O2S. The molecule has 0 amide bonds. The van der Waals surface area contributed by atoms with E-state index in [0.29, 0.717) is 27.1 Å². The van der Waals surface area contributed by atoms with Crippen molar-refractivity contribution in [1.29, 1.82) is 0 Å². The predicted octanol–water partition coefficient (Wildman–Crippen LogP) is 2.97. The van der Waals surface area contributed by atoms with Gasteiger partial charge in [-0.15, -0.1) is 10.2 Å². The summed E-state index contributed by atoms with van der Waals surface area (Å²) in [6.07, 6.45) is 3.29. The van der Waals surface area contributed by atoms with Crippen molar-refractivity contribution >= 4 is 28.9 Å². The molecule has 11 heteroatoms. The number of nitrogens with zero attached hydrogens (tertiary/aromatic N) is 4. The van der Waals surface area contributed by atoms with Gasteiger partial charge in [0.15, 0.2) is 16.6 Å². The molecule has 1 aromatic carbocycles. The number of nitrogens with two attached hydrogens (primary N) is 1. The van der Waals surface area contributed by atoms with Gasteiger partial charge in [-0.2, -0.15) is 0 Å². The maximum absolute atomic E-state index is 14.4. The third-order valence-electron chi connectivity index (χ3n) is 3.68. The van der Waals surface area contributed by atoms with Crippen LogP contribution in [-0.4, -0.2) is 50.6 Å². The first-order valence-corrected chi connectivity index (χ1v) is 9.98. The third-order valence-corrected chi connectivity index (χ3v) is 5.00. The van der Waals surface area contributed by atoms with Gasteiger partial charge in [0.05, 0.1) is 17.7 Å². The lowest BCUT2D eigenvalue weighted by atomic mass is 10.2. The smallest absolute Gasteiger partial charge is 0.222 e. The number of ether oxygens (including phenoxy) is 1. The van der Waals surface area contributed by atoms with E-state index in [9.17, 15) is 4.39 Å². The maximum atomic E-state index is 14.4. The Hall–Kier alpha value is -2.40. The molecule has 0 unspecified atom stereocenters. The molecule has 0 aliphatic rings. The van der Waals surface area contributed by atoms with Crippen LogP contribution in [0, 0.1) is 5.82 Å². The second kappa shape index (κ2) is 9.40. The van der Waals surface area contributed by atoms with Gasteiger partial charge in [-0.05, 0) is 19.9 Å². The second-order valence-electron chi connectivity index (χ2n) is 6.52. The fourth-order valence-electron chi connectivity index (χ4n) is 2.27. The molecule has 0 radical (unpaired) electrons. The lowest BCUT2D eigenvalue weighted by Gasteiger charge is -2.12. The molecule has 0 fully saturated rings. The molecule has 4 N–H and O–H groups in total. The Morgan fingerprint density at radius 3 is 2.59 bits per heavy atom. The van der Waals surface area contributed by atoms with E-state index in [1.54, 1.807) is 12.4 Å². The summed E-state index contributed by atoms with van der Waals surface area (Å²) in [5, 5.41) is 21.6. The van der Waals surface area contributed by atoms with Crippen molar-refractivity contribution in [3.05, 3.63) is 35.4 Å². The van der Waals surface area contributed by atoms with Crippen LogP contribution in [0.4, 0.5) is 10.3 Å². The minimum Gasteiger partial charge on any atom is -0.489 e. The number of rotatable bonds is 8. The van der Waals surface area contributed by atoms with Gasteiger partial charge in [-0.25, -0.2) is 14.4 Å². The van der Waals surface area contributed by atoms with Crippen molar-refractivity contribution < 1.29 is 14.2 Å². The van der Waals surface area contributed by atoms with Gasteiger partial charge in [0.2, 0.25) is 5.95 Å². The summed E-state index contributed by atoms with van der Waals surface area (Å²) in [5.41, 5.74) is 6.65. The number of aliphatic hydroxyl groups excluding tert-OH is 1. The van der Waals surface area contributed by atoms with Crippen molar-refractivity contribution in [2.45, 2.75) is 25.9 Å². The number of benzene rings is 1. The average Bonchev–Trinajstić information content (AvgIpc) is 3.18. The molecule has 0 spiro atoms. The van der Waals surface area contributed by atoms with E-state index in [4.69, 9.17) is 27.2 Å². The normalized spacial score (nSPS) is 12.2. The molecular weight excluding hydrogens is 419 g/mol. The second-order valence-corrected chi connectivity index (χ2v) is 7.91. The molecule has 0 saturated carbocycles.